The summed E-state index contributed by atoms with van der Waals surface area (Å²) in [6.45, 7) is 3.85. The molecular weight excluding hydrogens is 406 g/mol. The van der Waals surface area contributed by atoms with Crippen molar-refractivity contribution >= 4 is 45.2 Å². The van der Waals surface area contributed by atoms with E-state index in [1.165, 1.54) is 0 Å². The van der Waals surface area contributed by atoms with Gasteiger partial charge in [0, 0.05) is 20.9 Å². The second kappa shape index (κ2) is 7.29. The summed E-state index contributed by atoms with van der Waals surface area (Å²) in [7, 11) is 0. The van der Waals surface area contributed by atoms with Gasteiger partial charge in [0.25, 0.3) is 0 Å². The summed E-state index contributed by atoms with van der Waals surface area (Å²) in [5, 5.41) is 8.74. The first-order valence-electron chi connectivity index (χ1n) is 7.52. The molecule has 2 aromatic rings. The molecule has 0 aromatic heterocycles. The normalized spacial score (nSPS) is 19.8. The molecule has 1 fully saturated rings. The molecule has 5 nitrogen and oxygen atoms in total. The van der Waals surface area contributed by atoms with Gasteiger partial charge in [-0.05, 0) is 42.0 Å². The van der Waals surface area contributed by atoms with E-state index in [9.17, 15) is 9.59 Å². The Kier molecular flexibility index (Phi) is 5.11. The first-order valence-corrected chi connectivity index (χ1v) is 8.69. The molecular formula is C18H15BrClN3O2. The fraction of sp³-hybridized carbons (Fsp3) is 0.111. The lowest BCUT2D eigenvalue weighted by Crippen LogP contribution is -2.51. The number of urea groups is 1. The van der Waals surface area contributed by atoms with Crippen molar-refractivity contribution in [2.45, 2.75) is 6.04 Å². The third-order valence-electron chi connectivity index (χ3n) is 3.87. The van der Waals surface area contributed by atoms with Crippen molar-refractivity contribution in [2.24, 2.45) is 5.92 Å². The maximum atomic E-state index is 12.8. The molecule has 1 aliphatic rings. The van der Waals surface area contributed by atoms with Crippen LogP contribution in [0.3, 0.4) is 0 Å². The van der Waals surface area contributed by atoms with Crippen LogP contribution in [0.5, 0.6) is 0 Å². The van der Waals surface area contributed by atoms with Gasteiger partial charge in [-0.15, -0.1) is 0 Å². The number of anilines is 1. The average Bonchev–Trinajstić information content (AvgIpc) is 2.56. The van der Waals surface area contributed by atoms with Crippen molar-refractivity contribution in [3.63, 3.8) is 0 Å². The second-order valence-corrected chi connectivity index (χ2v) is 6.98. The van der Waals surface area contributed by atoms with E-state index in [0.29, 0.717) is 16.4 Å². The van der Waals surface area contributed by atoms with Crippen LogP contribution in [0.15, 0.2) is 65.3 Å². The zero-order valence-electron chi connectivity index (χ0n) is 13.1. The number of carbonyl (C=O) groups is 2. The first kappa shape index (κ1) is 17.5. The van der Waals surface area contributed by atoms with Crippen molar-refractivity contribution in [3.8, 4) is 0 Å². The maximum absolute atomic E-state index is 12.8. The molecule has 0 bridgehead atoms. The molecule has 7 heteroatoms. The van der Waals surface area contributed by atoms with E-state index in [1.807, 2.05) is 18.2 Å². The topological polar surface area (TPSA) is 70.2 Å². The Bertz CT molecular complexity index is 838. The third-order valence-corrected chi connectivity index (χ3v) is 4.64. The van der Waals surface area contributed by atoms with Crippen LogP contribution in [0, 0.1) is 5.92 Å². The molecule has 0 saturated carbocycles. The highest BCUT2D eigenvalue weighted by molar-refractivity contribution is 9.10. The highest BCUT2D eigenvalue weighted by atomic mass is 79.9. The highest BCUT2D eigenvalue weighted by Gasteiger charge is 2.37. The van der Waals surface area contributed by atoms with Crippen molar-refractivity contribution in [1.82, 2.24) is 10.6 Å². The minimum Gasteiger partial charge on any atom is -0.330 e. The van der Waals surface area contributed by atoms with Crippen molar-refractivity contribution in [2.75, 3.05) is 5.32 Å². The van der Waals surface area contributed by atoms with Gasteiger partial charge in [-0.3, -0.25) is 4.79 Å². The van der Waals surface area contributed by atoms with Crippen LogP contribution in [0.4, 0.5) is 10.5 Å². The Hall–Kier alpha value is -2.31. The summed E-state index contributed by atoms with van der Waals surface area (Å²) in [5.41, 5.74) is 1.73. The number of halogens is 2. The molecule has 25 heavy (non-hydrogen) atoms. The van der Waals surface area contributed by atoms with E-state index in [1.54, 1.807) is 30.3 Å². The number of nitrogens with one attached hydrogen (secondary N) is 3. The highest BCUT2D eigenvalue weighted by Crippen LogP contribution is 2.31. The Morgan fingerprint density at radius 2 is 1.92 bits per heavy atom. The Morgan fingerprint density at radius 3 is 2.60 bits per heavy atom. The Morgan fingerprint density at radius 1 is 1.20 bits per heavy atom. The van der Waals surface area contributed by atoms with E-state index in [0.717, 1.165) is 10.0 Å². The van der Waals surface area contributed by atoms with Gasteiger partial charge in [-0.2, -0.15) is 0 Å². The Labute approximate surface area is 158 Å². The lowest BCUT2D eigenvalue weighted by Gasteiger charge is -2.34. The molecule has 0 aliphatic carbocycles. The van der Waals surface area contributed by atoms with Gasteiger partial charge in [0.1, 0.15) is 5.92 Å². The zero-order chi connectivity index (χ0) is 18.0. The lowest BCUT2D eigenvalue weighted by molar-refractivity contribution is -0.119. The fourth-order valence-electron chi connectivity index (χ4n) is 2.72. The van der Waals surface area contributed by atoms with E-state index in [2.05, 4.69) is 38.5 Å². The minimum atomic E-state index is -0.681. The number of hydrogen-bond donors (Lipinski definition) is 3. The number of hydrogen-bond acceptors (Lipinski definition) is 2. The molecule has 3 amide bonds. The van der Waals surface area contributed by atoms with Gasteiger partial charge in [0.2, 0.25) is 5.91 Å². The molecule has 0 spiro atoms. The summed E-state index contributed by atoms with van der Waals surface area (Å²) < 4.78 is 0.915. The van der Waals surface area contributed by atoms with Crippen molar-refractivity contribution in [1.29, 1.82) is 0 Å². The van der Waals surface area contributed by atoms with Crippen molar-refractivity contribution < 1.29 is 9.59 Å². The fourth-order valence-corrected chi connectivity index (χ4v) is 3.19. The largest absolute Gasteiger partial charge is 0.330 e. The van der Waals surface area contributed by atoms with Gasteiger partial charge in [0.05, 0.1) is 6.04 Å². The first-order chi connectivity index (χ1) is 11.9. The summed E-state index contributed by atoms with van der Waals surface area (Å²) in [6.07, 6.45) is 0. The summed E-state index contributed by atoms with van der Waals surface area (Å²) in [4.78, 5) is 24.7. The molecule has 0 unspecified atom stereocenters. The van der Waals surface area contributed by atoms with Crippen LogP contribution in [0.1, 0.15) is 11.6 Å². The predicted octanol–water partition coefficient (Wildman–Crippen LogP) is 4.23. The Balaban J connectivity index is 1.89. The van der Waals surface area contributed by atoms with Crippen LogP contribution in [-0.4, -0.2) is 11.9 Å². The predicted molar refractivity (Wildman–Crippen MR) is 101 cm³/mol. The average molecular weight is 421 g/mol. The molecule has 1 aliphatic heterocycles. The van der Waals surface area contributed by atoms with E-state index in [-0.39, 0.29) is 5.91 Å². The van der Waals surface area contributed by atoms with E-state index >= 15 is 0 Å². The second-order valence-electron chi connectivity index (χ2n) is 5.63. The maximum Gasteiger partial charge on any atom is 0.319 e. The van der Waals surface area contributed by atoms with Gasteiger partial charge < -0.3 is 16.0 Å². The molecule has 2 atom stereocenters. The number of amides is 3. The molecule has 3 N–H and O–H groups in total. The number of benzene rings is 2. The zero-order valence-corrected chi connectivity index (χ0v) is 15.4. The standard InChI is InChI=1S/C18H15BrClN3O2/c1-10-15(17(24)22-14-7-5-12(19)6-8-14)16(23-18(25)21-10)11-3-2-4-13(20)9-11/h2-9,15-16H,1H2,(H,22,24)(H2,21,23,25)/t15-,16+/m1/s1. The SMILES string of the molecule is C=C1NC(=O)N[C@@H](c2cccc(Cl)c2)[C@@H]1C(=O)Nc1ccc(Br)cc1. The molecule has 2 aromatic carbocycles. The van der Waals surface area contributed by atoms with Gasteiger partial charge in [0.15, 0.2) is 0 Å². The lowest BCUT2D eigenvalue weighted by atomic mass is 9.88. The van der Waals surface area contributed by atoms with Crippen LogP contribution < -0.4 is 16.0 Å². The van der Waals surface area contributed by atoms with Gasteiger partial charge in [-0.1, -0.05) is 46.2 Å². The molecule has 3 rings (SSSR count). The summed E-state index contributed by atoms with van der Waals surface area (Å²) in [6, 6.07) is 13.3. The monoisotopic (exact) mass is 419 g/mol. The van der Waals surface area contributed by atoms with E-state index < -0.39 is 18.0 Å². The van der Waals surface area contributed by atoms with Gasteiger partial charge >= 0.3 is 6.03 Å². The molecule has 0 radical (unpaired) electrons. The molecule has 128 valence electrons. The van der Waals surface area contributed by atoms with Crippen LogP contribution >= 0.6 is 27.5 Å². The summed E-state index contributed by atoms with van der Waals surface area (Å²) >= 11 is 9.41. The van der Waals surface area contributed by atoms with E-state index in [4.69, 9.17) is 11.6 Å². The van der Waals surface area contributed by atoms with Crippen LogP contribution in [0.2, 0.25) is 5.02 Å². The summed E-state index contributed by atoms with van der Waals surface area (Å²) in [5.74, 6) is -0.954. The molecule has 1 heterocycles. The number of rotatable bonds is 3. The number of carbonyl (C=O) groups excluding carboxylic acids is 2. The van der Waals surface area contributed by atoms with Crippen molar-refractivity contribution in [3.05, 3.63) is 75.9 Å². The van der Waals surface area contributed by atoms with Crippen LogP contribution in [-0.2, 0) is 4.79 Å². The quantitative estimate of drug-likeness (QED) is 0.695. The minimum absolute atomic E-state index is 0.273. The molecule has 1 saturated heterocycles. The van der Waals surface area contributed by atoms with Gasteiger partial charge in [-0.25, -0.2) is 4.79 Å². The van der Waals surface area contributed by atoms with Crippen LogP contribution in [0.25, 0.3) is 0 Å². The smallest absolute Gasteiger partial charge is 0.319 e. The third kappa shape index (κ3) is 4.03.